The van der Waals surface area contributed by atoms with Crippen LogP contribution in [0.5, 0.6) is 0 Å². The molecule has 1 aliphatic rings. The maximum atomic E-state index is 11.8. The van der Waals surface area contributed by atoms with Crippen molar-refractivity contribution in [2.75, 3.05) is 6.54 Å². The predicted octanol–water partition coefficient (Wildman–Crippen LogP) is 2.88. The third-order valence-corrected chi connectivity index (χ3v) is 4.80. The molecule has 0 saturated heterocycles. The van der Waals surface area contributed by atoms with Gasteiger partial charge in [0.2, 0.25) is 0 Å². The third-order valence-electron chi connectivity index (χ3n) is 3.28. The molecule has 1 aromatic carbocycles. The number of hydrogen-bond donors (Lipinski definition) is 2. The molecule has 3 rings (SSSR count). The lowest BCUT2D eigenvalue weighted by atomic mass is 9.94. The Kier molecular flexibility index (Phi) is 3.43. The average Bonchev–Trinajstić information content (AvgIpc) is 2.85. The molecule has 0 aliphatic carbocycles. The number of hydrogen-bond acceptors (Lipinski definition) is 3. The molecule has 19 heavy (non-hydrogen) atoms. The first-order valence-electron chi connectivity index (χ1n) is 5.98. The van der Waals surface area contributed by atoms with E-state index < -0.39 is 6.10 Å². The van der Waals surface area contributed by atoms with Gasteiger partial charge in [-0.1, -0.05) is 12.1 Å². The first-order chi connectivity index (χ1) is 9.15. The maximum Gasteiger partial charge on any atom is 0.251 e. The topological polar surface area (TPSA) is 49.3 Å². The summed E-state index contributed by atoms with van der Waals surface area (Å²) in [7, 11) is 0. The molecule has 1 aliphatic heterocycles. The Morgan fingerprint density at radius 3 is 2.89 bits per heavy atom. The molecule has 1 aromatic heterocycles. The van der Waals surface area contributed by atoms with Gasteiger partial charge in [-0.15, -0.1) is 11.3 Å². The largest absolute Gasteiger partial charge is 0.384 e. The van der Waals surface area contributed by atoms with Crippen LogP contribution in [0.2, 0.25) is 0 Å². The van der Waals surface area contributed by atoms with Gasteiger partial charge in [-0.2, -0.15) is 0 Å². The van der Waals surface area contributed by atoms with Gasteiger partial charge in [0.25, 0.3) is 5.91 Å². The number of nitrogens with one attached hydrogen (secondary N) is 1. The number of halogens is 1. The van der Waals surface area contributed by atoms with Crippen LogP contribution in [-0.2, 0) is 6.42 Å². The van der Waals surface area contributed by atoms with Crippen LogP contribution in [0.4, 0.5) is 0 Å². The van der Waals surface area contributed by atoms with Crippen molar-refractivity contribution in [1.82, 2.24) is 5.32 Å². The van der Waals surface area contributed by atoms with Crippen molar-refractivity contribution in [2.45, 2.75) is 12.5 Å². The summed E-state index contributed by atoms with van der Waals surface area (Å²) < 4.78 is 0.984. The SMILES string of the molecule is O=C1NCCc2ccc(C(O)c3csc(Br)c3)cc21. The lowest BCUT2D eigenvalue weighted by Gasteiger charge is -2.18. The quantitative estimate of drug-likeness (QED) is 0.885. The molecule has 5 heteroatoms. The van der Waals surface area contributed by atoms with Crippen molar-refractivity contribution < 1.29 is 9.90 Å². The van der Waals surface area contributed by atoms with Crippen molar-refractivity contribution in [3.63, 3.8) is 0 Å². The van der Waals surface area contributed by atoms with Crippen LogP contribution in [0, 0.1) is 0 Å². The molecule has 0 spiro atoms. The lowest BCUT2D eigenvalue weighted by Crippen LogP contribution is -2.31. The lowest BCUT2D eigenvalue weighted by molar-refractivity contribution is 0.0945. The van der Waals surface area contributed by atoms with Gasteiger partial charge < -0.3 is 10.4 Å². The van der Waals surface area contributed by atoms with Crippen LogP contribution >= 0.6 is 27.3 Å². The molecule has 0 bridgehead atoms. The normalized spacial score (nSPS) is 15.8. The molecule has 0 radical (unpaired) electrons. The van der Waals surface area contributed by atoms with E-state index in [1.165, 1.54) is 11.3 Å². The Morgan fingerprint density at radius 2 is 2.16 bits per heavy atom. The highest BCUT2D eigenvalue weighted by molar-refractivity contribution is 9.11. The molecular formula is C14H12BrNO2S. The van der Waals surface area contributed by atoms with E-state index >= 15 is 0 Å². The minimum absolute atomic E-state index is 0.0539. The molecule has 2 heterocycles. The van der Waals surface area contributed by atoms with E-state index in [1.54, 1.807) is 6.07 Å². The molecule has 1 amide bonds. The highest BCUT2D eigenvalue weighted by atomic mass is 79.9. The predicted molar refractivity (Wildman–Crippen MR) is 78.6 cm³/mol. The summed E-state index contributed by atoms with van der Waals surface area (Å²) in [6, 6.07) is 7.52. The zero-order valence-electron chi connectivity index (χ0n) is 10.0. The van der Waals surface area contributed by atoms with Gasteiger partial charge in [0, 0.05) is 12.1 Å². The number of aliphatic hydroxyl groups excluding tert-OH is 1. The van der Waals surface area contributed by atoms with Crippen molar-refractivity contribution in [3.8, 4) is 0 Å². The standard InChI is InChI=1S/C14H12BrNO2S/c15-12-6-10(7-19-12)13(17)9-2-1-8-3-4-16-14(18)11(8)5-9/h1-2,5-7,13,17H,3-4H2,(H,16,18). The van der Waals surface area contributed by atoms with Crippen LogP contribution in [0.3, 0.4) is 0 Å². The number of aliphatic hydroxyl groups is 1. The van der Waals surface area contributed by atoms with Crippen LogP contribution in [0.1, 0.15) is 33.2 Å². The fraction of sp³-hybridized carbons (Fsp3) is 0.214. The second kappa shape index (κ2) is 5.07. The zero-order chi connectivity index (χ0) is 13.4. The molecule has 0 saturated carbocycles. The summed E-state index contributed by atoms with van der Waals surface area (Å²) in [4.78, 5) is 11.8. The first kappa shape index (κ1) is 12.8. The first-order valence-corrected chi connectivity index (χ1v) is 7.65. The van der Waals surface area contributed by atoms with E-state index in [0.717, 1.165) is 26.9 Å². The number of carbonyl (C=O) groups is 1. The average molecular weight is 338 g/mol. The summed E-state index contributed by atoms with van der Waals surface area (Å²) in [5, 5.41) is 15.1. The molecule has 3 nitrogen and oxygen atoms in total. The van der Waals surface area contributed by atoms with Gasteiger partial charge in [-0.05, 0) is 56.6 Å². The third kappa shape index (κ3) is 2.45. The Hall–Kier alpha value is -1.17. The minimum Gasteiger partial charge on any atom is -0.384 e. The van der Waals surface area contributed by atoms with Gasteiger partial charge in [0.05, 0.1) is 3.79 Å². The van der Waals surface area contributed by atoms with E-state index in [-0.39, 0.29) is 5.91 Å². The number of rotatable bonds is 2. The smallest absolute Gasteiger partial charge is 0.251 e. The molecule has 2 N–H and O–H groups in total. The van der Waals surface area contributed by atoms with Gasteiger partial charge in [-0.25, -0.2) is 0 Å². The van der Waals surface area contributed by atoms with Gasteiger partial charge >= 0.3 is 0 Å². The Bertz CT molecular complexity index is 638. The second-order valence-electron chi connectivity index (χ2n) is 4.51. The number of fused-ring (bicyclic) bond motifs is 1. The van der Waals surface area contributed by atoms with Crippen molar-refractivity contribution in [1.29, 1.82) is 0 Å². The number of amides is 1. The molecule has 98 valence electrons. The highest BCUT2D eigenvalue weighted by Crippen LogP contribution is 2.30. The maximum absolute atomic E-state index is 11.8. The van der Waals surface area contributed by atoms with E-state index in [0.29, 0.717) is 12.1 Å². The summed E-state index contributed by atoms with van der Waals surface area (Å²) in [6.45, 7) is 0.686. The van der Waals surface area contributed by atoms with Gasteiger partial charge in [-0.3, -0.25) is 4.79 Å². The summed E-state index contributed by atoms with van der Waals surface area (Å²) in [6.07, 6.45) is 0.157. The number of carbonyl (C=O) groups excluding carboxylic acids is 1. The summed E-state index contributed by atoms with van der Waals surface area (Å²) in [5.74, 6) is -0.0539. The molecule has 1 unspecified atom stereocenters. The monoisotopic (exact) mass is 337 g/mol. The Morgan fingerprint density at radius 1 is 1.32 bits per heavy atom. The van der Waals surface area contributed by atoms with Gasteiger partial charge in [0.15, 0.2) is 0 Å². The molecule has 1 atom stereocenters. The number of thiophene rings is 1. The molecule has 2 aromatic rings. The van der Waals surface area contributed by atoms with Crippen LogP contribution in [0.15, 0.2) is 33.4 Å². The van der Waals surface area contributed by atoms with Crippen LogP contribution in [-0.4, -0.2) is 17.6 Å². The number of benzene rings is 1. The van der Waals surface area contributed by atoms with Crippen molar-refractivity contribution >= 4 is 33.2 Å². The van der Waals surface area contributed by atoms with E-state index in [9.17, 15) is 9.90 Å². The van der Waals surface area contributed by atoms with E-state index in [2.05, 4.69) is 21.2 Å². The fourth-order valence-corrected chi connectivity index (χ4v) is 3.45. The zero-order valence-corrected chi connectivity index (χ0v) is 12.4. The van der Waals surface area contributed by atoms with Crippen LogP contribution < -0.4 is 5.32 Å². The van der Waals surface area contributed by atoms with E-state index in [4.69, 9.17) is 0 Å². The Balaban J connectivity index is 1.97. The van der Waals surface area contributed by atoms with E-state index in [1.807, 2.05) is 23.6 Å². The summed E-state index contributed by atoms with van der Waals surface area (Å²) >= 11 is 4.92. The minimum atomic E-state index is -0.692. The molecule has 0 fully saturated rings. The van der Waals surface area contributed by atoms with Crippen LogP contribution in [0.25, 0.3) is 0 Å². The second-order valence-corrected chi connectivity index (χ2v) is 6.80. The summed E-state index contributed by atoms with van der Waals surface area (Å²) in [5.41, 5.74) is 3.32. The Labute approximate surface area is 123 Å². The molecular weight excluding hydrogens is 326 g/mol. The van der Waals surface area contributed by atoms with Gasteiger partial charge in [0.1, 0.15) is 6.10 Å². The highest BCUT2D eigenvalue weighted by Gasteiger charge is 2.19. The van der Waals surface area contributed by atoms with Crippen molar-refractivity contribution in [3.05, 3.63) is 55.7 Å². The van der Waals surface area contributed by atoms with Crippen molar-refractivity contribution in [2.24, 2.45) is 0 Å². The fourth-order valence-electron chi connectivity index (χ4n) is 2.26.